The summed E-state index contributed by atoms with van der Waals surface area (Å²) in [7, 11) is 2.18. The van der Waals surface area contributed by atoms with Crippen LogP contribution in [0.3, 0.4) is 0 Å². The second-order valence-corrected chi connectivity index (χ2v) is 5.17. The summed E-state index contributed by atoms with van der Waals surface area (Å²) in [6, 6.07) is 8.80. The Bertz CT molecular complexity index is 445. The summed E-state index contributed by atoms with van der Waals surface area (Å²) >= 11 is 0. The fourth-order valence-electron chi connectivity index (χ4n) is 2.96. The quantitative estimate of drug-likeness (QED) is 0.663. The van der Waals surface area contributed by atoms with Crippen LogP contribution in [0.15, 0.2) is 24.3 Å². The van der Waals surface area contributed by atoms with Gasteiger partial charge < -0.3 is 0 Å². The highest BCUT2D eigenvalue weighted by Gasteiger charge is 2.47. The second kappa shape index (κ2) is 3.73. The molecule has 1 nitrogen and oxygen atoms in total. The molecule has 1 aromatic carbocycles. The average Bonchev–Trinajstić information content (AvgIpc) is 2.52. The van der Waals surface area contributed by atoms with E-state index in [0.717, 1.165) is 0 Å². The van der Waals surface area contributed by atoms with E-state index in [0.29, 0.717) is 5.92 Å². The zero-order valence-electron chi connectivity index (χ0n) is 11.0. The number of hydrogen-bond donors (Lipinski definition) is 0. The monoisotopic (exact) mass is 216 g/mol. The predicted octanol–water partition coefficient (Wildman–Crippen LogP) is 3.74. The SMILES string of the molecule is CC[C@H](C)C1(C)C(C)=[N+](C)c2ccccc21. The van der Waals surface area contributed by atoms with Crippen LogP contribution in [-0.4, -0.2) is 17.3 Å². The van der Waals surface area contributed by atoms with Crippen molar-refractivity contribution in [3.05, 3.63) is 29.8 Å². The lowest BCUT2D eigenvalue weighted by atomic mass is 9.69. The van der Waals surface area contributed by atoms with Crippen molar-refractivity contribution in [1.82, 2.24) is 0 Å². The summed E-state index contributed by atoms with van der Waals surface area (Å²) in [6.07, 6.45) is 1.22. The normalized spacial score (nSPS) is 25.8. The molecule has 1 unspecified atom stereocenters. The van der Waals surface area contributed by atoms with Gasteiger partial charge in [-0.15, -0.1) is 0 Å². The molecule has 2 atom stereocenters. The Morgan fingerprint density at radius 2 is 1.94 bits per heavy atom. The van der Waals surface area contributed by atoms with Crippen molar-refractivity contribution in [1.29, 1.82) is 0 Å². The van der Waals surface area contributed by atoms with Gasteiger partial charge in [0.25, 0.3) is 0 Å². The number of nitrogens with zero attached hydrogens (tertiary/aromatic N) is 1. The van der Waals surface area contributed by atoms with Gasteiger partial charge in [0.1, 0.15) is 7.05 Å². The summed E-state index contributed by atoms with van der Waals surface area (Å²) in [5.41, 5.74) is 4.55. The molecule has 1 aromatic rings. The van der Waals surface area contributed by atoms with E-state index in [1.807, 2.05) is 0 Å². The van der Waals surface area contributed by atoms with E-state index >= 15 is 0 Å². The third-order valence-electron chi connectivity index (χ3n) is 4.68. The van der Waals surface area contributed by atoms with Crippen molar-refractivity contribution in [3.63, 3.8) is 0 Å². The minimum atomic E-state index is 0.208. The Labute approximate surface area is 98.8 Å². The third kappa shape index (κ3) is 1.27. The van der Waals surface area contributed by atoms with E-state index in [-0.39, 0.29) is 5.41 Å². The van der Waals surface area contributed by atoms with Crippen LogP contribution in [0.1, 0.15) is 39.7 Å². The molecule has 1 heterocycles. The lowest BCUT2D eigenvalue weighted by Crippen LogP contribution is -2.36. The molecule has 2 rings (SSSR count). The van der Waals surface area contributed by atoms with E-state index in [1.165, 1.54) is 23.4 Å². The van der Waals surface area contributed by atoms with Gasteiger partial charge in [0.2, 0.25) is 5.69 Å². The third-order valence-corrected chi connectivity index (χ3v) is 4.68. The van der Waals surface area contributed by atoms with Crippen LogP contribution in [0.25, 0.3) is 0 Å². The number of rotatable bonds is 2. The highest BCUT2D eigenvalue weighted by Crippen LogP contribution is 2.44. The first-order chi connectivity index (χ1) is 7.53. The molecule has 16 heavy (non-hydrogen) atoms. The smallest absolute Gasteiger partial charge is 0.202 e. The summed E-state index contributed by atoms with van der Waals surface area (Å²) in [5, 5.41) is 0. The first-order valence-corrected chi connectivity index (χ1v) is 6.20. The molecule has 0 amide bonds. The minimum Gasteiger partial charge on any atom is -0.202 e. The first-order valence-electron chi connectivity index (χ1n) is 6.20. The zero-order chi connectivity index (χ0) is 11.9. The van der Waals surface area contributed by atoms with E-state index in [4.69, 9.17) is 0 Å². The Morgan fingerprint density at radius 3 is 2.56 bits per heavy atom. The van der Waals surface area contributed by atoms with Crippen molar-refractivity contribution in [2.45, 2.75) is 39.5 Å². The number of fused-ring (bicyclic) bond motifs is 1. The van der Waals surface area contributed by atoms with Gasteiger partial charge in [-0.1, -0.05) is 38.5 Å². The summed E-state index contributed by atoms with van der Waals surface area (Å²) < 4.78 is 2.35. The van der Waals surface area contributed by atoms with Gasteiger partial charge in [0, 0.05) is 18.6 Å². The van der Waals surface area contributed by atoms with E-state index in [1.54, 1.807) is 0 Å². The van der Waals surface area contributed by atoms with Crippen LogP contribution in [0, 0.1) is 5.92 Å². The van der Waals surface area contributed by atoms with Crippen molar-refractivity contribution < 1.29 is 4.58 Å². The lowest BCUT2D eigenvalue weighted by Gasteiger charge is -2.28. The molecule has 0 saturated heterocycles. The molecule has 0 bridgehead atoms. The van der Waals surface area contributed by atoms with Crippen LogP contribution < -0.4 is 0 Å². The highest BCUT2D eigenvalue weighted by atomic mass is 15.0. The lowest BCUT2D eigenvalue weighted by molar-refractivity contribution is -0.403. The Balaban J connectivity index is 2.65. The molecule has 1 aliphatic heterocycles. The molecule has 1 heteroatoms. The van der Waals surface area contributed by atoms with Crippen molar-refractivity contribution in [2.75, 3.05) is 7.05 Å². The molecule has 1 aliphatic rings. The molecule has 0 aliphatic carbocycles. The molecule has 0 aromatic heterocycles. The molecule has 0 N–H and O–H groups in total. The van der Waals surface area contributed by atoms with Crippen LogP contribution in [-0.2, 0) is 5.41 Å². The van der Waals surface area contributed by atoms with Crippen LogP contribution in [0.2, 0.25) is 0 Å². The van der Waals surface area contributed by atoms with Crippen molar-refractivity contribution in [2.24, 2.45) is 5.92 Å². The maximum absolute atomic E-state index is 2.39. The van der Waals surface area contributed by atoms with Gasteiger partial charge in [0.15, 0.2) is 5.71 Å². The standard InChI is InChI=1S/C15H22N/c1-6-11(2)15(4)12(3)16(5)14-10-8-7-9-13(14)15/h7-11H,6H2,1-5H3/q+1/t11-,15?/m0/s1. The van der Waals surface area contributed by atoms with Crippen molar-refractivity contribution in [3.8, 4) is 0 Å². The minimum absolute atomic E-state index is 0.208. The van der Waals surface area contributed by atoms with E-state index in [2.05, 4.69) is 63.6 Å². The highest BCUT2D eigenvalue weighted by molar-refractivity contribution is 5.93. The number of hydrogen-bond acceptors (Lipinski definition) is 0. The molecular weight excluding hydrogens is 194 g/mol. The largest absolute Gasteiger partial charge is 0.209 e. The molecule has 0 radical (unpaired) electrons. The van der Waals surface area contributed by atoms with Crippen molar-refractivity contribution >= 4 is 11.4 Å². The molecule has 0 fully saturated rings. The van der Waals surface area contributed by atoms with Gasteiger partial charge in [-0.05, 0) is 12.8 Å². The van der Waals surface area contributed by atoms with Crippen LogP contribution >= 0.6 is 0 Å². The molecule has 86 valence electrons. The van der Waals surface area contributed by atoms with Gasteiger partial charge in [-0.2, -0.15) is 0 Å². The Hall–Kier alpha value is -1.11. The van der Waals surface area contributed by atoms with Gasteiger partial charge in [-0.3, -0.25) is 0 Å². The summed E-state index contributed by atoms with van der Waals surface area (Å²) in [6.45, 7) is 9.30. The first kappa shape index (κ1) is 11.4. The zero-order valence-corrected chi connectivity index (χ0v) is 11.0. The molecule has 0 saturated carbocycles. The Morgan fingerprint density at radius 1 is 1.31 bits per heavy atom. The second-order valence-electron chi connectivity index (χ2n) is 5.17. The fraction of sp³-hybridized carbons (Fsp3) is 0.533. The van der Waals surface area contributed by atoms with Gasteiger partial charge >= 0.3 is 0 Å². The number of benzene rings is 1. The summed E-state index contributed by atoms with van der Waals surface area (Å²) in [5.74, 6) is 0.679. The van der Waals surface area contributed by atoms with Gasteiger partial charge in [0.05, 0.1) is 5.41 Å². The topological polar surface area (TPSA) is 3.01 Å². The number of para-hydroxylation sites is 1. The molecule has 0 spiro atoms. The molecular formula is C15H22N+. The average molecular weight is 216 g/mol. The van der Waals surface area contributed by atoms with Crippen LogP contribution in [0.4, 0.5) is 5.69 Å². The van der Waals surface area contributed by atoms with Crippen LogP contribution in [0.5, 0.6) is 0 Å². The maximum Gasteiger partial charge on any atom is 0.209 e. The van der Waals surface area contributed by atoms with E-state index in [9.17, 15) is 0 Å². The Kier molecular flexibility index (Phi) is 2.65. The maximum atomic E-state index is 2.39. The fourth-order valence-corrected chi connectivity index (χ4v) is 2.96. The van der Waals surface area contributed by atoms with E-state index < -0.39 is 0 Å². The van der Waals surface area contributed by atoms with Gasteiger partial charge in [-0.25, -0.2) is 4.58 Å². The predicted molar refractivity (Wildman–Crippen MR) is 69.8 cm³/mol. The summed E-state index contributed by atoms with van der Waals surface area (Å²) in [4.78, 5) is 0.